The van der Waals surface area contributed by atoms with E-state index in [1.54, 1.807) is 6.20 Å². The van der Waals surface area contributed by atoms with Gasteiger partial charge in [-0.2, -0.15) is 0 Å². The zero-order valence-electron chi connectivity index (χ0n) is 19.1. The number of hydrogen-bond donors (Lipinski definition) is 1. The van der Waals surface area contributed by atoms with E-state index in [1.165, 1.54) is 10.8 Å². The van der Waals surface area contributed by atoms with Crippen molar-refractivity contribution in [3.63, 3.8) is 0 Å². The molecule has 1 heterocycles. The van der Waals surface area contributed by atoms with Gasteiger partial charge >= 0.3 is 0 Å². The van der Waals surface area contributed by atoms with E-state index in [-0.39, 0.29) is 11.8 Å². The average Bonchev–Trinajstić information content (AvgIpc) is 2.79. The molecule has 5 heteroatoms. The van der Waals surface area contributed by atoms with Crippen molar-refractivity contribution in [1.29, 1.82) is 0 Å². The number of carbonyl (C=O) groups is 1. The lowest BCUT2D eigenvalue weighted by molar-refractivity contribution is -0.116. The number of para-hydroxylation sites is 1. The van der Waals surface area contributed by atoms with Gasteiger partial charge in [0.05, 0.1) is 19.3 Å². The minimum Gasteiger partial charge on any atom is -0.324 e. The van der Waals surface area contributed by atoms with Gasteiger partial charge in [0.2, 0.25) is 5.91 Å². The van der Waals surface area contributed by atoms with E-state index in [0.717, 1.165) is 33.5 Å². The van der Waals surface area contributed by atoms with Crippen LogP contribution in [0.4, 0.5) is 5.69 Å². The van der Waals surface area contributed by atoms with Crippen molar-refractivity contribution in [3.05, 3.63) is 101 Å². The van der Waals surface area contributed by atoms with Crippen molar-refractivity contribution >= 4 is 51.7 Å². The third-order valence-corrected chi connectivity index (χ3v) is 10.1. The van der Waals surface area contributed by atoms with Crippen LogP contribution in [0.3, 0.4) is 0 Å². The number of carbonyl (C=O) groups excluding carboxylic acids is 1. The van der Waals surface area contributed by atoms with Crippen LogP contribution in [0.5, 0.6) is 0 Å². The van der Waals surface area contributed by atoms with Crippen LogP contribution in [0, 0.1) is 5.92 Å². The fourth-order valence-electron chi connectivity index (χ4n) is 4.61. The smallest absolute Gasteiger partial charge is 0.224 e. The molecule has 4 rings (SSSR count). The molecule has 3 nitrogen and oxygen atoms in total. The van der Waals surface area contributed by atoms with E-state index in [9.17, 15) is 4.79 Å². The van der Waals surface area contributed by atoms with Gasteiger partial charge in [-0.1, -0.05) is 94.9 Å². The third-order valence-electron chi connectivity index (χ3n) is 6.15. The van der Waals surface area contributed by atoms with Crippen LogP contribution in [-0.2, 0) is 11.2 Å². The monoisotopic (exact) mass is 516 g/mol. The van der Waals surface area contributed by atoms with Crippen LogP contribution >= 0.6 is 15.9 Å². The highest BCUT2D eigenvalue weighted by atomic mass is 79.9. The Bertz CT molecular complexity index is 1240. The summed E-state index contributed by atoms with van der Waals surface area (Å²) < 4.78 is 1.07. The summed E-state index contributed by atoms with van der Waals surface area (Å²) in [7, 11) is -1.72. The van der Waals surface area contributed by atoms with Gasteiger partial charge in [0.25, 0.3) is 0 Å². The van der Waals surface area contributed by atoms with E-state index in [1.807, 2.05) is 36.4 Å². The molecule has 3 aromatic carbocycles. The average molecular weight is 518 g/mol. The van der Waals surface area contributed by atoms with E-state index in [0.29, 0.717) is 6.42 Å². The number of rotatable bonds is 8. The molecule has 1 N–H and O–H groups in total. The van der Waals surface area contributed by atoms with Gasteiger partial charge in [0.1, 0.15) is 0 Å². The van der Waals surface area contributed by atoms with Gasteiger partial charge in [-0.05, 0) is 48.2 Å². The first kappa shape index (κ1) is 23.4. The number of nitrogens with one attached hydrogen (secondary N) is 1. The maximum atomic E-state index is 13.2. The number of hydrogen-bond acceptors (Lipinski definition) is 2. The molecule has 0 saturated heterocycles. The molecule has 1 aromatic heterocycles. The summed E-state index contributed by atoms with van der Waals surface area (Å²) in [5, 5.41) is 5.60. The van der Waals surface area contributed by atoms with Crippen molar-refractivity contribution in [3.8, 4) is 0 Å². The fourth-order valence-corrected chi connectivity index (χ4v) is 8.12. The molecule has 4 aromatic rings. The van der Waals surface area contributed by atoms with Crippen molar-refractivity contribution in [2.45, 2.75) is 32.0 Å². The zero-order valence-corrected chi connectivity index (χ0v) is 21.7. The second-order valence-electron chi connectivity index (χ2n) is 9.29. The molecule has 0 saturated carbocycles. The lowest BCUT2D eigenvalue weighted by atomic mass is 9.97. The summed E-state index contributed by atoms with van der Waals surface area (Å²) in [5.41, 5.74) is 2.86. The maximum absolute atomic E-state index is 13.2. The minimum atomic E-state index is -1.72. The van der Waals surface area contributed by atoms with Gasteiger partial charge in [0, 0.05) is 22.5 Å². The number of amides is 1. The Hall–Kier alpha value is -2.76. The highest BCUT2D eigenvalue weighted by Crippen LogP contribution is 2.27. The molecule has 0 spiro atoms. The molecule has 0 aliphatic rings. The molecule has 1 unspecified atom stereocenters. The number of aromatic nitrogens is 1. The van der Waals surface area contributed by atoms with Crippen LogP contribution in [0.25, 0.3) is 10.9 Å². The normalized spacial score (nSPS) is 12.5. The number of fused-ring (bicyclic) bond motifs is 1. The molecular weight excluding hydrogens is 488 g/mol. The Morgan fingerprint density at radius 3 is 2.52 bits per heavy atom. The van der Waals surface area contributed by atoms with Crippen molar-refractivity contribution < 1.29 is 4.79 Å². The second-order valence-corrected chi connectivity index (χ2v) is 15.0. The van der Waals surface area contributed by atoms with Crippen LogP contribution in [-0.4, -0.2) is 19.0 Å². The van der Waals surface area contributed by atoms with Crippen LogP contribution < -0.4 is 10.5 Å². The first-order valence-corrected chi connectivity index (χ1v) is 15.3. The topological polar surface area (TPSA) is 42.0 Å². The van der Waals surface area contributed by atoms with E-state index >= 15 is 0 Å². The molecule has 0 bridgehead atoms. The first-order valence-electron chi connectivity index (χ1n) is 11.3. The molecule has 168 valence electrons. The summed E-state index contributed by atoms with van der Waals surface area (Å²) in [5.74, 6) is 0.301. The number of halogens is 1. The lowest BCUT2D eigenvalue weighted by Gasteiger charge is -2.28. The first-order chi connectivity index (χ1) is 15.9. The molecule has 0 aliphatic carbocycles. The molecular formula is C28H29BrN2OSi. The van der Waals surface area contributed by atoms with Gasteiger partial charge in [0.15, 0.2) is 0 Å². The van der Waals surface area contributed by atoms with E-state index in [2.05, 4.69) is 87.9 Å². The Balaban J connectivity index is 1.55. The quantitative estimate of drug-likeness (QED) is 0.261. The number of anilines is 1. The largest absolute Gasteiger partial charge is 0.324 e. The molecule has 1 atom stereocenters. The summed E-state index contributed by atoms with van der Waals surface area (Å²) in [4.78, 5) is 17.7. The lowest BCUT2D eigenvalue weighted by Crippen LogP contribution is -2.43. The molecule has 1 amide bonds. The molecule has 0 aliphatic heterocycles. The van der Waals surface area contributed by atoms with E-state index in [4.69, 9.17) is 0 Å². The van der Waals surface area contributed by atoms with E-state index < -0.39 is 8.07 Å². The maximum Gasteiger partial charge on any atom is 0.224 e. The van der Waals surface area contributed by atoms with Crippen LogP contribution in [0.1, 0.15) is 12.0 Å². The van der Waals surface area contributed by atoms with Crippen molar-refractivity contribution in [2.24, 2.45) is 5.92 Å². The van der Waals surface area contributed by atoms with Gasteiger partial charge in [-0.3, -0.25) is 9.78 Å². The Labute approximate surface area is 205 Å². The molecule has 0 radical (unpaired) electrons. The number of nitrogens with zero attached hydrogens (tertiary/aromatic N) is 1. The predicted molar refractivity (Wildman–Crippen MR) is 145 cm³/mol. The highest BCUT2D eigenvalue weighted by Gasteiger charge is 2.29. The summed E-state index contributed by atoms with van der Waals surface area (Å²) in [6.07, 6.45) is 3.13. The zero-order chi connectivity index (χ0) is 23.3. The minimum absolute atomic E-state index is 0.0472. The predicted octanol–water partition coefficient (Wildman–Crippen LogP) is 6.80. The molecule has 33 heavy (non-hydrogen) atoms. The number of benzene rings is 3. The summed E-state index contributed by atoms with van der Waals surface area (Å²) in [6, 6.07) is 30.1. The van der Waals surface area contributed by atoms with Gasteiger partial charge in [-0.15, -0.1) is 0 Å². The fraction of sp³-hybridized carbons (Fsp3) is 0.214. The van der Waals surface area contributed by atoms with Crippen molar-refractivity contribution in [1.82, 2.24) is 4.98 Å². The summed E-state index contributed by atoms with van der Waals surface area (Å²) >= 11 is 3.59. The van der Waals surface area contributed by atoms with Crippen LogP contribution in [0.2, 0.25) is 19.1 Å². The Morgan fingerprint density at radius 2 is 1.73 bits per heavy atom. The standard InChI is InChI=1S/C28H29BrN2OSi/c1-33(2,25-13-4-3-5-14-25)20-22(17-21-9-6-12-24(29)18-21)19-27(32)31-26-15-7-10-23-11-8-16-30-28(23)26/h3-16,18,22H,17,19-20H2,1-2H3,(H,31,32). The molecule has 0 fully saturated rings. The third kappa shape index (κ3) is 6.18. The Kier molecular flexibility index (Phi) is 7.41. The highest BCUT2D eigenvalue weighted by molar-refractivity contribution is 9.10. The van der Waals surface area contributed by atoms with Crippen LogP contribution in [0.15, 0.2) is 95.6 Å². The number of pyridine rings is 1. The Morgan fingerprint density at radius 1 is 0.970 bits per heavy atom. The summed E-state index contributed by atoms with van der Waals surface area (Å²) in [6.45, 7) is 4.81. The second kappa shape index (κ2) is 10.4. The van der Waals surface area contributed by atoms with Crippen molar-refractivity contribution in [2.75, 3.05) is 5.32 Å². The SMILES string of the molecule is C[Si](C)(CC(CC(=O)Nc1cccc2cccnc12)Cc1cccc(Br)c1)c1ccccc1. The van der Waals surface area contributed by atoms with Gasteiger partial charge < -0.3 is 5.32 Å². The van der Waals surface area contributed by atoms with Gasteiger partial charge in [-0.25, -0.2) is 0 Å².